The minimum Gasteiger partial charge on any atom is -0.454 e. The number of unbranched alkanes of at least 4 members (excludes halogenated alkanes) is 2. The van der Waals surface area contributed by atoms with Crippen LogP contribution in [0, 0.1) is 0 Å². The zero-order valence-electron chi connectivity index (χ0n) is 19.7. The predicted molar refractivity (Wildman–Crippen MR) is 127 cm³/mol. The normalized spacial score (nSPS) is 13.6. The van der Waals surface area contributed by atoms with Crippen molar-refractivity contribution in [2.45, 2.75) is 84.5 Å². The van der Waals surface area contributed by atoms with E-state index in [9.17, 15) is 4.79 Å². The van der Waals surface area contributed by atoms with Crippen molar-refractivity contribution in [2.24, 2.45) is 0 Å². The van der Waals surface area contributed by atoms with Crippen molar-refractivity contribution >= 4 is 11.6 Å². The second kappa shape index (κ2) is 10.7. The summed E-state index contributed by atoms with van der Waals surface area (Å²) in [4.78, 5) is 13.3. The number of carbonyl (C=O) groups excluding carboxylic acids is 1. The van der Waals surface area contributed by atoms with Crippen LogP contribution in [-0.2, 0) is 4.79 Å². The molecule has 1 unspecified atom stereocenters. The van der Waals surface area contributed by atoms with E-state index >= 15 is 0 Å². The van der Waals surface area contributed by atoms with Gasteiger partial charge in [-0.15, -0.1) is 0 Å². The van der Waals surface area contributed by atoms with E-state index in [4.69, 9.17) is 9.47 Å². The first-order valence-corrected chi connectivity index (χ1v) is 11.7. The topological polar surface area (TPSA) is 47.6 Å². The van der Waals surface area contributed by atoms with E-state index < -0.39 is 0 Å². The molecular formula is C27H37NO3. The molecular weight excluding hydrogens is 386 g/mol. The molecule has 0 saturated heterocycles. The van der Waals surface area contributed by atoms with Crippen LogP contribution in [-0.4, -0.2) is 12.7 Å². The van der Waals surface area contributed by atoms with Crippen LogP contribution in [0.1, 0.15) is 101 Å². The standard InChI is InChI=1S/C27H37NO3/c1-6-7-8-11-20(23-14-10-15-24-27(23)31-17-30-24)16-25(29)28-26-21(18(2)3)12-9-13-22(26)19(4)5/h9-10,12-15,18-20H,6-8,11,16-17H2,1-5H3,(H,28,29). The molecule has 1 aliphatic heterocycles. The molecule has 1 N–H and O–H groups in total. The SMILES string of the molecule is CCCCCC(CC(=O)Nc1c(C(C)C)cccc1C(C)C)c1cccc2c1OCO2. The summed E-state index contributed by atoms with van der Waals surface area (Å²) in [6.45, 7) is 11.1. The number of rotatable bonds is 10. The molecule has 0 bridgehead atoms. The molecule has 1 amide bonds. The number of anilines is 1. The van der Waals surface area contributed by atoms with E-state index in [1.807, 2.05) is 12.1 Å². The number of benzene rings is 2. The average Bonchev–Trinajstić information content (AvgIpc) is 3.22. The van der Waals surface area contributed by atoms with Crippen LogP contribution in [0.15, 0.2) is 36.4 Å². The Hall–Kier alpha value is -2.49. The third kappa shape index (κ3) is 5.61. The molecule has 0 aromatic heterocycles. The number of fused-ring (bicyclic) bond motifs is 1. The van der Waals surface area contributed by atoms with Crippen molar-refractivity contribution in [3.63, 3.8) is 0 Å². The molecule has 3 rings (SSSR count). The lowest BCUT2D eigenvalue weighted by molar-refractivity contribution is -0.116. The number of carbonyl (C=O) groups is 1. The number of nitrogens with one attached hydrogen (secondary N) is 1. The highest BCUT2D eigenvalue weighted by Crippen LogP contribution is 2.42. The summed E-state index contributed by atoms with van der Waals surface area (Å²) in [6, 6.07) is 12.4. The quantitative estimate of drug-likeness (QED) is 0.406. The van der Waals surface area contributed by atoms with Gasteiger partial charge in [0, 0.05) is 17.7 Å². The van der Waals surface area contributed by atoms with Gasteiger partial charge in [0.15, 0.2) is 11.5 Å². The third-order valence-corrected chi connectivity index (χ3v) is 6.09. The third-order valence-electron chi connectivity index (χ3n) is 6.09. The van der Waals surface area contributed by atoms with E-state index in [-0.39, 0.29) is 18.6 Å². The zero-order chi connectivity index (χ0) is 22.4. The molecule has 0 spiro atoms. The van der Waals surface area contributed by atoms with Crippen molar-refractivity contribution < 1.29 is 14.3 Å². The summed E-state index contributed by atoms with van der Waals surface area (Å²) < 4.78 is 11.3. The van der Waals surface area contributed by atoms with E-state index in [0.29, 0.717) is 18.3 Å². The molecule has 1 aliphatic rings. The maximum atomic E-state index is 13.3. The highest BCUT2D eigenvalue weighted by Gasteiger charge is 2.26. The highest BCUT2D eigenvalue weighted by molar-refractivity contribution is 5.93. The molecule has 0 fully saturated rings. The van der Waals surface area contributed by atoms with Gasteiger partial charge in [0.2, 0.25) is 12.7 Å². The van der Waals surface area contributed by atoms with Gasteiger partial charge in [-0.2, -0.15) is 0 Å². The fourth-order valence-electron chi connectivity index (χ4n) is 4.39. The summed E-state index contributed by atoms with van der Waals surface area (Å²) in [6.07, 6.45) is 4.82. The Morgan fingerprint density at radius 1 is 0.935 bits per heavy atom. The Kier molecular flexibility index (Phi) is 8.00. The lowest BCUT2D eigenvalue weighted by Gasteiger charge is -2.22. The summed E-state index contributed by atoms with van der Waals surface area (Å²) in [7, 11) is 0. The lowest BCUT2D eigenvalue weighted by atomic mass is 9.88. The number of amides is 1. The number of para-hydroxylation sites is 2. The van der Waals surface area contributed by atoms with Crippen LogP contribution in [0.2, 0.25) is 0 Å². The Balaban J connectivity index is 1.85. The van der Waals surface area contributed by atoms with E-state index in [1.54, 1.807) is 0 Å². The van der Waals surface area contributed by atoms with Crippen molar-refractivity contribution in [1.82, 2.24) is 0 Å². The van der Waals surface area contributed by atoms with Crippen LogP contribution in [0.25, 0.3) is 0 Å². The van der Waals surface area contributed by atoms with Gasteiger partial charge < -0.3 is 14.8 Å². The largest absolute Gasteiger partial charge is 0.454 e. The Morgan fingerprint density at radius 3 is 2.23 bits per heavy atom. The first-order valence-electron chi connectivity index (χ1n) is 11.7. The van der Waals surface area contributed by atoms with Gasteiger partial charge in [-0.1, -0.05) is 84.2 Å². The highest BCUT2D eigenvalue weighted by atomic mass is 16.7. The minimum atomic E-state index is 0.0630. The van der Waals surface area contributed by atoms with Crippen LogP contribution >= 0.6 is 0 Å². The van der Waals surface area contributed by atoms with E-state index in [0.717, 1.165) is 48.4 Å². The molecule has 2 aromatic carbocycles. The second-order valence-electron chi connectivity index (χ2n) is 9.15. The number of ether oxygens (including phenoxy) is 2. The first kappa shape index (κ1) is 23.2. The summed E-state index contributed by atoms with van der Waals surface area (Å²) >= 11 is 0. The molecule has 2 aromatic rings. The molecule has 0 radical (unpaired) electrons. The minimum absolute atomic E-state index is 0.0630. The fraction of sp³-hybridized carbons (Fsp3) is 0.519. The molecule has 4 nitrogen and oxygen atoms in total. The summed E-state index contributed by atoms with van der Waals surface area (Å²) in [5.74, 6) is 2.45. The monoisotopic (exact) mass is 423 g/mol. The second-order valence-corrected chi connectivity index (χ2v) is 9.15. The average molecular weight is 424 g/mol. The van der Waals surface area contributed by atoms with E-state index in [1.165, 1.54) is 11.1 Å². The van der Waals surface area contributed by atoms with Crippen LogP contribution in [0.3, 0.4) is 0 Å². The van der Waals surface area contributed by atoms with Gasteiger partial charge in [0.1, 0.15) is 0 Å². The van der Waals surface area contributed by atoms with Crippen LogP contribution in [0.4, 0.5) is 5.69 Å². The molecule has 0 aliphatic carbocycles. The molecule has 0 saturated carbocycles. The first-order chi connectivity index (χ1) is 14.9. The van der Waals surface area contributed by atoms with E-state index in [2.05, 4.69) is 64.2 Å². The van der Waals surface area contributed by atoms with Gasteiger partial charge in [0.25, 0.3) is 0 Å². The molecule has 168 valence electrons. The molecule has 4 heteroatoms. The van der Waals surface area contributed by atoms with Crippen molar-refractivity contribution in [2.75, 3.05) is 12.1 Å². The number of hydrogen-bond donors (Lipinski definition) is 1. The van der Waals surface area contributed by atoms with Gasteiger partial charge >= 0.3 is 0 Å². The fourth-order valence-corrected chi connectivity index (χ4v) is 4.39. The van der Waals surface area contributed by atoms with Gasteiger partial charge in [-0.25, -0.2) is 0 Å². The number of hydrogen-bond acceptors (Lipinski definition) is 3. The maximum absolute atomic E-state index is 13.3. The van der Waals surface area contributed by atoms with Crippen molar-refractivity contribution in [3.8, 4) is 11.5 Å². The van der Waals surface area contributed by atoms with Crippen LogP contribution in [0.5, 0.6) is 11.5 Å². The smallest absolute Gasteiger partial charge is 0.231 e. The van der Waals surface area contributed by atoms with Gasteiger partial charge in [0.05, 0.1) is 0 Å². The Labute approximate surface area is 187 Å². The Morgan fingerprint density at radius 2 is 1.58 bits per heavy atom. The predicted octanol–water partition coefficient (Wildman–Crippen LogP) is 7.35. The maximum Gasteiger partial charge on any atom is 0.231 e. The molecule has 31 heavy (non-hydrogen) atoms. The summed E-state index contributed by atoms with van der Waals surface area (Å²) in [5, 5.41) is 3.29. The van der Waals surface area contributed by atoms with Gasteiger partial charge in [-0.05, 0) is 41.4 Å². The molecule has 1 atom stereocenters. The summed E-state index contributed by atoms with van der Waals surface area (Å²) in [5.41, 5.74) is 4.46. The van der Waals surface area contributed by atoms with Crippen molar-refractivity contribution in [1.29, 1.82) is 0 Å². The van der Waals surface area contributed by atoms with Crippen molar-refractivity contribution in [3.05, 3.63) is 53.1 Å². The van der Waals surface area contributed by atoms with Gasteiger partial charge in [-0.3, -0.25) is 4.79 Å². The lowest BCUT2D eigenvalue weighted by Crippen LogP contribution is -2.19. The molecule has 1 heterocycles. The van der Waals surface area contributed by atoms with Crippen LogP contribution < -0.4 is 14.8 Å². The zero-order valence-corrected chi connectivity index (χ0v) is 19.7. The Bertz CT molecular complexity index is 862.